The Balaban J connectivity index is 1.07. The number of nitrogens with one attached hydrogen (secondary N) is 1. The molecular weight excluding hydrogens is 434 g/mol. The first-order valence-corrected chi connectivity index (χ1v) is 13.0. The number of benzene rings is 2. The highest BCUT2D eigenvalue weighted by Crippen LogP contribution is 2.26. The predicted octanol–water partition coefficient (Wildman–Crippen LogP) is 5.72. The Morgan fingerprint density at radius 3 is 2.74 bits per heavy atom. The number of aryl methyl sites for hydroxylation is 1. The van der Waals surface area contributed by atoms with Crippen molar-refractivity contribution in [3.63, 3.8) is 0 Å². The van der Waals surface area contributed by atoms with Crippen LogP contribution in [0.4, 0.5) is 5.82 Å². The van der Waals surface area contributed by atoms with E-state index in [1.807, 2.05) is 18.3 Å². The Morgan fingerprint density at radius 1 is 0.971 bits per heavy atom. The van der Waals surface area contributed by atoms with Crippen molar-refractivity contribution in [2.45, 2.75) is 39.0 Å². The van der Waals surface area contributed by atoms with Crippen molar-refractivity contribution >= 4 is 27.6 Å². The van der Waals surface area contributed by atoms with Gasteiger partial charge in [-0.1, -0.05) is 25.1 Å². The monoisotopic (exact) mass is 469 g/mol. The first-order valence-electron chi connectivity index (χ1n) is 13.0. The van der Waals surface area contributed by atoms with E-state index >= 15 is 0 Å². The fraction of sp³-hybridized carbons (Fsp3) is 0.414. The van der Waals surface area contributed by atoms with Crippen LogP contribution in [0.1, 0.15) is 38.2 Å². The molecule has 0 radical (unpaired) electrons. The van der Waals surface area contributed by atoms with Crippen LogP contribution in [0.2, 0.25) is 0 Å². The summed E-state index contributed by atoms with van der Waals surface area (Å²) in [6.07, 6.45) is 9.30. The van der Waals surface area contributed by atoms with Crippen LogP contribution < -0.4 is 10.1 Å². The third kappa shape index (κ3) is 5.88. The zero-order chi connectivity index (χ0) is 23.9. The summed E-state index contributed by atoms with van der Waals surface area (Å²) < 4.78 is 6.18. The number of hydrogen-bond donors (Lipinski definition) is 1. The van der Waals surface area contributed by atoms with Gasteiger partial charge < -0.3 is 15.0 Å². The number of aromatic nitrogens is 3. The summed E-state index contributed by atoms with van der Waals surface area (Å²) >= 11 is 0. The number of pyridine rings is 1. The number of para-hydroxylation sites is 1. The molecule has 1 saturated heterocycles. The Labute approximate surface area is 207 Å². The second-order valence-electron chi connectivity index (χ2n) is 9.51. The second kappa shape index (κ2) is 11.5. The summed E-state index contributed by atoms with van der Waals surface area (Å²) in [7, 11) is 0. The molecule has 5 rings (SSSR count). The Bertz CT molecular complexity index is 1250. The summed E-state index contributed by atoms with van der Waals surface area (Å²) in [5.41, 5.74) is 3.43. The van der Waals surface area contributed by atoms with E-state index in [0.717, 1.165) is 73.6 Å². The van der Waals surface area contributed by atoms with Gasteiger partial charge in [0.2, 0.25) is 0 Å². The van der Waals surface area contributed by atoms with Crippen LogP contribution in [0, 0.1) is 5.92 Å². The van der Waals surface area contributed by atoms with Gasteiger partial charge >= 0.3 is 0 Å². The number of ether oxygens (including phenoxy) is 1. The summed E-state index contributed by atoms with van der Waals surface area (Å²) in [6.45, 7) is 7.29. The van der Waals surface area contributed by atoms with E-state index in [9.17, 15) is 0 Å². The molecule has 3 heterocycles. The molecule has 1 aliphatic rings. The lowest BCUT2D eigenvalue weighted by molar-refractivity contribution is 0.140. The van der Waals surface area contributed by atoms with Crippen molar-refractivity contribution < 1.29 is 4.74 Å². The molecule has 2 aromatic heterocycles. The maximum atomic E-state index is 6.18. The van der Waals surface area contributed by atoms with Gasteiger partial charge in [0, 0.05) is 29.6 Å². The SMILES string of the molecule is CCCNc1ncnc2cc(OCC3CCN(CCCc4ccnc5ccccc45)CC3)ccc12. The van der Waals surface area contributed by atoms with E-state index in [-0.39, 0.29) is 0 Å². The van der Waals surface area contributed by atoms with Gasteiger partial charge in [0.25, 0.3) is 0 Å². The molecule has 0 spiro atoms. The Hall–Kier alpha value is -3.25. The van der Waals surface area contributed by atoms with E-state index < -0.39 is 0 Å². The molecule has 6 nitrogen and oxygen atoms in total. The molecule has 35 heavy (non-hydrogen) atoms. The second-order valence-corrected chi connectivity index (χ2v) is 9.51. The number of likely N-dealkylation sites (tertiary alicyclic amines) is 1. The molecule has 1 aliphatic heterocycles. The lowest BCUT2D eigenvalue weighted by Crippen LogP contribution is -2.36. The summed E-state index contributed by atoms with van der Waals surface area (Å²) in [6, 6.07) is 16.8. The van der Waals surface area contributed by atoms with Crippen LogP contribution in [0.25, 0.3) is 21.8 Å². The number of piperidine rings is 1. The number of hydrogen-bond acceptors (Lipinski definition) is 6. The standard InChI is InChI=1S/C29H35N5O/c1-2-14-31-29-26-10-9-24(19-28(26)32-21-33-29)35-20-22-12-17-34(18-13-22)16-5-6-23-11-15-30-27-8-4-3-7-25(23)27/h3-4,7-11,15,19,21-22H,2,5-6,12-14,16-18,20H2,1H3,(H,31,32,33). The van der Waals surface area contributed by atoms with E-state index in [2.05, 4.69) is 68.5 Å². The Kier molecular flexibility index (Phi) is 7.69. The molecule has 0 aliphatic carbocycles. The average molecular weight is 470 g/mol. The molecule has 0 unspecified atom stereocenters. The number of anilines is 1. The van der Waals surface area contributed by atoms with Gasteiger partial charge in [-0.15, -0.1) is 0 Å². The summed E-state index contributed by atoms with van der Waals surface area (Å²) in [4.78, 5) is 15.9. The zero-order valence-corrected chi connectivity index (χ0v) is 20.6. The van der Waals surface area contributed by atoms with Gasteiger partial charge in [-0.25, -0.2) is 9.97 Å². The molecule has 6 heteroatoms. The third-order valence-corrected chi connectivity index (χ3v) is 7.00. The zero-order valence-electron chi connectivity index (χ0n) is 20.6. The lowest BCUT2D eigenvalue weighted by Gasteiger charge is -2.31. The van der Waals surface area contributed by atoms with Crippen LogP contribution in [-0.4, -0.2) is 52.6 Å². The van der Waals surface area contributed by atoms with Crippen LogP contribution in [0.15, 0.2) is 61.1 Å². The average Bonchev–Trinajstić information content (AvgIpc) is 2.91. The van der Waals surface area contributed by atoms with Gasteiger partial charge in [-0.2, -0.15) is 0 Å². The molecule has 1 N–H and O–H groups in total. The minimum Gasteiger partial charge on any atom is -0.493 e. The van der Waals surface area contributed by atoms with E-state index in [4.69, 9.17) is 4.74 Å². The van der Waals surface area contributed by atoms with Crippen molar-refractivity contribution in [3.8, 4) is 5.75 Å². The van der Waals surface area contributed by atoms with Gasteiger partial charge in [-0.3, -0.25) is 4.98 Å². The molecule has 2 aromatic carbocycles. The largest absolute Gasteiger partial charge is 0.493 e. The van der Waals surface area contributed by atoms with Crippen molar-refractivity contribution in [3.05, 3.63) is 66.6 Å². The maximum Gasteiger partial charge on any atom is 0.137 e. The predicted molar refractivity (Wildman–Crippen MR) is 143 cm³/mol. The van der Waals surface area contributed by atoms with Crippen LogP contribution in [0.3, 0.4) is 0 Å². The quantitative estimate of drug-likeness (QED) is 0.320. The van der Waals surface area contributed by atoms with E-state index in [0.29, 0.717) is 5.92 Å². The normalized spacial score (nSPS) is 15.0. The molecule has 182 valence electrons. The van der Waals surface area contributed by atoms with E-state index in [1.165, 1.54) is 30.2 Å². The van der Waals surface area contributed by atoms with Gasteiger partial charge in [-0.05, 0) is 87.5 Å². The molecule has 0 bridgehead atoms. The highest BCUT2D eigenvalue weighted by atomic mass is 16.5. The lowest BCUT2D eigenvalue weighted by atomic mass is 9.97. The highest BCUT2D eigenvalue weighted by molar-refractivity contribution is 5.89. The highest BCUT2D eigenvalue weighted by Gasteiger charge is 2.19. The number of rotatable bonds is 10. The van der Waals surface area contributed by atoms with Crippen molar-refractivity contribution in [1.29, 1.82) is 0 Å². The fourth-order valence-electron chi connectivity index (χ4n) is 4.97. The first kappa shape index (κ1) is 23.5. The molecule has 1 fully saturated rings. The van der Waals surface area contributed by atoms with Crippen molar-refractivity contribution in [2.24, 2.45) is 5.92 Å². The molecule has 0 atom stereocenters. The minimum atomic E-state index is 0.610. The Morgan fingerprint density at radius 2 is 1.86 bits per heavy atom. The topological polar surface area (TPSA) is 63.2 Å². The van der Waals surface area contributed by atoms with Crippen LogP contribution in [-0.2, 0) is 6.42 Å². The van der Waals surface area contributed by atoms with E-state index in [1.54, 1.807) is 6.33 Å². The van der Waals surface area contributed by atoms with Gasteiger partial charge in [0.1, 0.15) is 17.9 Å². The smallest absolute Gasteiger partial charge is 0.137 e. The maximum absolute atomic E-state index is 6.18. The molecule has 0 amide bonds. The molecular formula is C29H35N5O. The molecule has 0 saturated carbocycles. The van der Waals surface area contributed by atoms with Gasteiger partial charge in [0.15, 0.2) is 0 Å². The third-order valence-electron chi connectivity index (χ3n) is 7.00. The fourth-order valence-corrected chi connectivity index (χ4v) is 4.97. The minimum absolute atomic E-state index is 0.610. The molecule has 4 aromatic rings. The number of nitrogens with zero attached hydrogens (tertiary/aromatic N) is 4. The van der Waals surface area contributed by atoms with Crippen molar-refractivity contribution in [2.75, 3.05) is 38.1 Å². The van der Waals surface area contributed by atoms with Gasteiger partial charge in [0.05, 0.1) is 17.6 Å². The summed E-state index contributed by atoms with van der Waals surface area (Å²) in [5, 5.41) is 5.71. The number of fused-ring (bicyclic) bond motifs is 2. The summed E-state index contributed by atoms with van der Waals surface area (Å²) in [5.74, 6) is 2.40. The van der Waals surface area contributed by atoms with Crippen molar-refractivity contribution in [1.82, 2.24) is 19.9 Å². The van der Waals surface area contributed by atoms with Crippen LogP contribution in [0.5, 0.6) is 5.75 Å². The first-order chi connectivity index (χ1) is 17.3. The van der Waals surface area contributed by atoms with Crippen LogP contribution >= 0.6 is 0 Å².